The number of carbonyl (C=O) groups is 1. The Kier molecular flexibility index (Phi) is 5.81. The van der Waals surface area contributed by atoms with Crippen LogP contribution in [0.1, 0.15) is 37.9 Å². The molecule has 3 aromatic rings. The van der Waals surface area contributed by atoms with Crippen molar-refractivity contribution in [3.05, 3.63) is 59.4 Å². The second-order valence-corrected chi connectivity index (χ2v) is 7.63. The quantitative estimate of drug-likeness (QED) is 0.654. The van der Waals surface area contributed by atoms with Crippen molar-refractivity contribution in [3.8, 4) is 5.75 Å². The van der Waals surface area contributed by atoms with Crippen LogP contribution in [0.5, 0.6) is 5.75 Å². The molecule has 4 rings (SSSR count). The van der Waals surface area contributed by atoms with Gasteiger partial charge in [0.05, 0.1) is 16.1 Å². The first-order chi connectivity index (χ1) is 13.7. The van der Waals surface area contributed by atoms with Gasteiger partial charge in [-0.1, -0.05) is 55.1 Å². The Morgan fingerprint density at radius 2 is 1.86 bits per heavy atom. The maximum Gasteiger partial charge on any atom is 0.240 e. The van der Waals surface area contributed by atoms with Gasteiger partial charge in [-0.25, -0.2) is 4.98 Å². The minimum atomic E-state index is 0.0223. The lowest BCUT2D eigenvalue weighted by molar-refractivity contribution is -0.122. The van der Waals surface area contributed by atoms with Crippen molar-refractivity contribution in [1.29, 1.82) is 0 Å². The number of para-hydroxylation sites is 3. The fourth-order valence-electron chi connectivity index (χ4n) is 3.78. The number of rotatable bonds is 6. The highest BCUT2D eigenvalue weighted by molar-refractivity contribution is 6.32. The highest BCUT2D eigenvalue weighted by atomic mass is 35.5. The van der Waals surface area contributed by atoms with Crippen LogP contribution in [0.4, 0.5) is 0 Å². The zero-order valence-corrected chi connectivity index (χ0v) is 16.5. The SMILES string of the molecule is O=C(Cn1c(COc2ccccc2Cl)nc2ccccc21)NC1CCCCC1. The van der Waals surface area contributed by atoms with E-state index in [-0.39, 0.29) is 19.1 Å². The molecule has 146 valence electrons. The summed E-state index contributed by atoms with van der Waals surface area (Å²) in [6, 6.07) is 15.5. The zero-order valence-electron chi connectivity index (χ0n) is 15.7. The maximum atomic E-state index is 12.7. The Hall–Kier alpha value is -2.53. The molecule has 6 heteroatoms. The Morgan fingerprint density at radius 1 is 1.11 bits per heavy atom. The average Bonchev–Trinajstić information content (AvgIpc) is 3.05. The standard InChI is InChI=1S/C22H24ClN3O2/c23-17-10-4-7-13-20(17)28-15-21-25-18-11-5-6-12-19(18)26(21)14-22(27)24-16-8-2-1-3-9-16/h4-7,10-13,16H,1-3,8-9,14-15H2,(H,24,27). The fraction of sp³-hybridized carbons (Fsp3) is 0.364. The summed E-state index contributed by atoms with van der Waals surface area (Å²) in [5.41, 5.74) is 1.78. The molecule has 0 unspecified atom stereocenters. The molecule has 28 heavy (non-hydrogen) atoms. The van der Waals surface area contributed by atoms with E-state index < -0.39 is 0 Å². The van der Waals surface area contributed by atoms with E-state index in [9.17, 15) is 4.79 Å². The van der Waals surface area contributed by atoms with Gasteiger partial charge in [0.15, 0.2) is 0 Å². The molecule has 1 saturated carbocycles. The monoisotopic (exact) mass is 397 g/mol. The van der Waals surface area contributed by atoms with Crippen molar-refractivity contribution >= 4 is 28.5 Å². The number of imidazole rings is 1. The summed E-state index contributed by atoms with van der Waals surface area (Å²) in [4.78, 5) is 17.4. The molecule has 1 aliphatic rings. The highest BCUT2D eigenvalue weighted by Crippen LogP contribution is 2.25. The van der Waals surface area contributed by atoms with Gasteiger partial charge in [0, 0.05) is 6.04 Å². The van der Waals surface area contributed by atoms with E-state index in [1.165, 1.54) is 19.3 Å². The summed E-state index contributed by atoms with van der Waals surface area (Å²) < 4.78 is 7.81. The molecular formula is C22H24ClN3O2. The van der Waals surface area contributed by atoms with Crippen LogP contribution in [0.25, 0.3) is 11.0 Å². The van der Waals surface area contributed by atoms with Crippen molar-refractivity contribution in [2.24, 2.45) is 0 Å². The number of aromatic nitrogens is 2. The second kappa shape index (κ2) is 8.65. The maximum absolute atomic E-state index is 12.7. The van der Waals surface area contributed by atoms with Gasteiger partial charge in [0.1, 0.15) is 24.7 Å². The van der Waals surface area contributed by atoms with E-state index in [0.29, 0.717) is 22.6 Å². The number of benzene rings is 2. The molecule has 0 saturated heterocycles. The predicted molar refractivity (Wildman–Crippen MR) is 111 cm³/mol. The number of ether oxygens (including phenoxy) is 1. The molecule has 2 aromatic carbocycles. The van der Waals surface area contributed by atoms with Crippen molar-refractivity contribution in [2.75, 3.05) is 0 Å². The molecule has 1 aliphatic carbocycles. The summed E-state index contributed by atoms with van der Waals surface area (Å²) in [5, 5.41) is 3.74. The fourth-order valence-corrected chi connectivity index (χ4v) is 3.97. The number of fused-ring (bicyclic) bond motifs is 1. The van der Waals surface area contributed by atoms with Gasteiger partial charge in [-0.05, 0) is 37.1 Å². The van der Waals surface area contributed by atoms with E-state index in [2.05, 4.69) is 10.3 Å². The van der Waals surface area contributed by atoms with Gasteiger partial charge in [0.2, 0.25) is 5.91 Å². The molecule has 0 radical (unpaired) electrons. The molecule has 1 N–H and O–H groups in total. The Balaban J connectivity index is 1.53. The van der Waals surface area contributed by atoms with Crippen molar-refractivity contribution in [1.82, 2.24) is 14.9 Å². The van der Waals surface area contributed by atoms with Gasteiger partial charge >= 0.3 is 0 Å². The molecule has 0 bridgehead atoms. The summed E-state index contributed by atoms with van der Waals surface area (Å²) >= 11 is 6.19. The van der Waals surface area contributed by atoms with Gasteiger partial charge in [-0.15, -0.1) is 0 Å². The minimum Gasteiger partial charge on any atom is -0.484 e. The molecular weight excluding hydrogens is 374 g/mol. The Morgan fingerprint density at radius 3 is 2.68 bits per heavy atom. The van der Waals surface area contributed by atoms with Gasteiger partial charge < -0.3 is 14.6 Å². The van der Waals surface area contributed by atoms with Crippen LogP contribution in [0, 0.1) is 0 Å². The Labute approximate surface area is 169 Å². The first-order valence-electron chi connectivity index (χ1n) is 9.81. The Bertz CT molecular complexity index is 963. The number of carbonyl (C=O) groups excluding carboxylic acids is 1. The summed E-state index contributed by atoms with van der Waals surface area (Å²) in [7, 11) is 0. The van der Waals surface area contributed by atoms with Crippen molar-refractivity contribution < 1.29 is 9.53 Å². The van der Waals surface area contributed by atoms with E-state index in [0.717, 1.165) is 23.9 Å². The third kappa shape index (κ3) is 4.30. The molecule has 1 aromatic heterocycles. The summed E-state index contributed by atoms with van der Waals surface area (Å²) in [5.74, 6) is 1.34. The largest absolute Gasteiger partial charge is 0.484 e. The normalized spacial score (nSPS) is 14.9. The van der Waals surface area contributed by atoms with E-state index >= 15 is 0 Å². The summed E-state index contributed by atoms with van der Waals surface area (Å²) in [6.45, 7) is 0.480. The number of nitrogens with zero attached hydrogens (tertiary/aromatic N) is 2. The van der Waals surface area contributed by atoms with Crippen LogP contribution < -0.4 is 10.1 Å². The molecule has 1 heterocycles. The first-order valence-corrected chi connectivity index (χ1v) is 10.2. The third-order valence-corrected chi connectivity index (χ3v) is 5.51. The lowest BCUT2D eigenvalue weighted by Crippen LogP contribution is -2.38. The van der Waals surface area contributed by atoms with Gasteiger partial charge in [-0.2, -0.15) is 0 Å². The summed E-state index contributed by atoms with van der Waals surface area (Å²) in [6.07, 6.45) is 5.78. The van der Waals surface area contributed by atoms with Crippen LogP contribution >= 0.6 is 11.6 Å². The van der Waals surface area contributed by atoms with Crippen molar-refractivity contribution in [2.45, 2.75) is 51.3 Å². The average molecular weight is 398 g/mol. The number of hydrogen-bond donors (Lipinski definition) is 1. The molecule has 1 fully saturated rings. The smallest absolute Gasteiger partial charge is 0.240 e. The third-order valence-electron chi connectivity index (χ3n) is 5.20. The number of amides is 1. The van der Waals surface area contributed by atoms with Crippen LogP contribution in [0.2, 0.25) is 5.02 Å². The van der Waals surface area contributed by atoms with Crippen molar-refractivity contribution in [3.63, 3.8) is 0 Å². The van der Waals surface area contributed by atoms with E-state index in [4.69, 9.17) is 16.3 Å². The van der Waals surface area contributed by atoms with Gasteiger partial charge in [-0.3, -0.25) is 4.79 Å². The minimum absolute atomic E-state index is 0.0223. The topological polar surface area (TPSA) is 56.2 Å². The number of nitrogens with one attached hydrogen (secondary N) is 1. The molecule has 1 amide bonds. The lowest BCUT2D eigenvalue weighted by Gasteiger charge is -2.23. The van der Waals surface area contributed by atoms with Gasteiger partial charge in [0.25, 0.3) is 0 Å². The van der Waals surface area contributed by atoms with E-state index in [1.54, 1.807) is 6.07 Å². The van der Waals surface area contributed by atoms with Crippen LogP contribution in [-0.4, -0.2) is 21.5 Å². The molecule has 0 atom stereocenters. The molecule has 5 nitrogen and oxygen atoms in total. The lowest BCUT2D eigenvalue weighted by atomic mass is 9.95. The van der Waals surface area contributed by atoms with Crippen LogP contribution in [0.15, 0.2) is 48.5 Å². The van der Waals surface area contributed by atoms with E-state index in [1.807, 2.05) is 47.0 Å². The number of halogens is 1. The second-order valence-electron chi connectivity index (χ2n) is 7.22. The first kappa shape index (κ1) is 18.8. The van der Waals surface area contributed by atoms with Crippen LogP contribution in [-0.2, 0) is 17.9 Å². The highest BCUT2D eigenvalue weighted by Gasteiger charge is 2.18. The zero-order chi connectivity index (χ0) is 19.3. The predicted octanol–water partition coefficient (Wildman–Crippen LogP) is 4.72. The van der Waals surface area contributed by atoms with Crippen LogP contribution in [0.3, 0.4) is 0 Å². The molecule has 0 spiro atoms. The number of hydrogen-bond acceptors (Lipinski definition) is 3. The molecule has 0 aliphatic heterocycles.